The second-order valence-electron chi connectivity index (χ2n) is 3.64. The Balaban J connectivity index is 0.00000133. The predicted molar refractivity (Wildman–Crippen MR) is 63.8 cm³/mol. The number of rotatable bonds is 2. The third-order valence-corrected chi connectivity index (χ3v) is 4.50. The second-order valence-corrected chi connectivity index (χ2v) is 5.90. The van der Waals surface area contributed by atoms with Gasteiger partial charge in [-0.3, -0.25) is 0 Å². The van der Waals surface area contributed by atoms with E-state index in [1.54, 1.807) is 23.6 Å². The van der Waals surface area contributed by atoms with E-state index >= 15 is 0 Å². The zero-order valence-corrected chi connectivity index (χ0v) is 13.6. The molecule has 0 radical (unpaired) electrons. The molecule has 1 aromatic heterocycles. The van der Waals surface area contributed by atoms with E-state index in [0.29, 0.717) is 21.9 Å². The van der Waals surface area contributed by atoms with Crippen LogP contribution in [0.1, 0.15) is 0 Å². The van der Waals surface area contributed by atoms with E-state index in [1.807, 2.05) is 0 Å². The molecular weight excluding hydrogens is 299 g/mol. The largest absolute Gasteiger partial charge is 1.00 e. The maximum absolute atomic E-state index is 11.1. The number of fused-ring (bicyclic) bond motifs is 1. The van der Waals surface area contributed by atoms with Crippen LogP contribution in [0.2, 0.25) is 0 Å². The van der Waals surface area contributed by atoms with Crippen LogP contribution >= 0.6 is 11.3 Å². The van der Waals surface area contributed by atoms with Gasteiger partial charge in [0.15, 0.2) is 11.5 Å². The smallest absolute Gasteiger partial charge is 0.744 e. The van der Waals surface area contributed by atoms with Crippen LogP contribution in [0.3, 0.4) is 0 Å². The van der Waals surface area contributed by atoms with Gasteiger partial charge in [0.25, 0.3) is 0 Å². The van der Waals surface area contributed by atoms with Crippen molar-refractivity contribution in [2.75, 3.05) is 6.79 Å². The quantitative estimate of drug-likeness (QED) is 0.528. The summed E-state index contributed by atoms with van der Waals surface area (Å²) in [4.78, 5) is 0.217. The summed E-state index contributed by atoms with van der Waals surface area (Å²) >= 11 is 1.20. The Morgan fingerprint density at radius 2 is 1.89 bits per heavy atom. The maximum Gasteiger partial charge on any atom is 1.00 e. The molecule has 1 aliphatic rings. The minimum atomic E-state index is -4.46. The summed E-state index contributed by atoms with van der Waals surface area (Å²) in [6.45, 7) is 0.149. The van der Waals surface area contributed by atoms with Crippen molar-refractivity contribution in [3.8, 4) is 21.9 Å². The normalized spacial score (nSPS) is 13.1. The van der Waals surface area contributed by atoms with Gasteiger partial charge in [0.2, 0.25) is 6.79 Å². The zero-order chi connectivity index (χ0) is 12.8. The third kappa shape index (κ3) is 2.81. The van der Waals surface area contributed by atoms with E-state index in [1.165, 1.54) is 17.4 Å². The van der Waals surface area contributed by atoms with Crippen LogP contribution < -0.4 is 39.0 Å². The van der Waals surface area contributed by atoms with Crippen LogP contribution in [0.15, 0.2) is 34.5 Å². The maximum atomic E-state index is 11.1. The van der Waals surface area contributed by atoms with Gasteiger partial charge in [-0.25, -0.2) is 8.42 Å². The Bertz CT molecular complexity index is 708. The fourth-order valence-electron chi connectivity index (χ4n) is 1.74. The Labute approximate surface area is 136 Å². The van der Waals surface area contributed by atoms with Crippen LogP contribution in [0.25, 0.3) is 10.4 Å². The first-order chi connectivity index (χ1) is 8.55. The van der Waals surface area contributed by atoms with Gasteiger partial charge in [0.05, 0.1) is 9.77 Å². The molecule has 0 saturated heterocycles. The minimum absolute atomic E-state index is 0. The van der Waals surface area contributed by atoms with E-state index in [0.717, 1.165) is 0 Å². The van der Waals surface area contributed by atoms with Crippen LogP contribution in [0, 0.1) is 0 Å². The number of benzene rings is 1. The average Bonchev–Trinajstić information content (AvgIpc) is 2.96. The number of hydrogen-bond donors (Lipinski definition) is 0. The molecule has 0 saturated carbocycles. The summed E-state index contributed by atoms with van der Waals surface area (Å²) in [7, 11) is -4.46. The molecule has 2 aromatic rings. The first kappa shape index (κ1) is 14.8. The van der Waals surface area contributed by atoms with E-state index in [2.05, 4.69) is 0 Å². The molecule has 8 heteroatoms. The van der Waals surface area contributed by atoms with Gasteiger partial charge in [-0.15, -0.1) is 11.3 Å². The first-order valence-corrected chi connectivity index (χ1v) is 7.28. The van der Waals surface area contributed by atoms with Gasteiger partial charge in [-0.1, -0.05) is 0 Å². The molecule has 1 aromatic carbocycles. The molecule has 0 aliphatic carbocycles. The molecule has 0 spiro atoms. The van der Waals surface area contributed by atoms with Crippen molar-refractivity contribution in [2.24, 2.45) is 0 Å². The molecular formula is C11H7NaO5S2. The molecule has 94 valence electrons. The van der Waals surface area contributed by atoms with Crippen molar-refractivity contribution in [1.82, 2.24) is 0 Å². The van der Waals surface area contributed by atoms with E-state index in [-0.39, 0.29) is 41.2 Å². The van der Waals surface area contributed by atoms with Gasteiger partial charge >= 0.3 is 29.6 Å². The van der Waals surface area contributed by atoms with E-state index < -0.39 is 10.1 Å². The van der Waals surface area contributed by atoms with Crippen molar-refractivity contribution in [3.05, 3.63) is 29.6 Å². The SMILES string of the molecule is O=S(=O)([O-])c1ccsc1-c1ccc2c(c1)OCO2.[Na+]. The van der Waals surface area contributed by atoms with Crippen molar-refractivity contribution < 1.29 is 52.0 Å². The third-order valence-electron chi connectivity index (χ3n) is 2.53. The van der Waals surface area contributed by atoms with Crippen LogP contribution in [0.4, 0.5) is 0 Å². The van der Waals surface area contributed by atoms with Crippen molar-refractivity contribution in [3.63, 3.8) is 0 Å². The van der Waals surface area contributed by atoms with Gasteiger partial charge in [-0.05, 0) is 35.2 Å². The molecule has 19 heavy (non-hydrogen) atoms. The monoisotopic (exact) mass is 306 g/mol. The summed E-state index contributed by atoms with van der Waals surface area (Å²) in [5, 5.41) is 1.57. The molecule has 0 amide bonds. The standard InChI is InChI=1S/C11H8O5S2.Na/c12-18(13,14)10-3-4-17-11(10)7-1-2-8-9(5-7)16-6-15-8;/h1-5H,6H2,(H,12,13,14);/q;+1/p-1. The van der Waals surface area contributed by atoms with Gasteiger partial charge < -0.3 is 14.0 Å². The number of ether oxygens (including phenoxy) is 2. The van der Waals surface area contributed by atoms with Crippen LogP contribution in [-0.4, -0.2) is 19.8 Å². The summed E-state index contributed by atoms with van der Waals surface area (Å²) in [6, 6.07) is 6.38. The topological polar surface area (TPSA) is 75.7 Å². The fourth-order valence-corrected chi connectivity index (χ4v) is 3.65. The molecule has 2 heterocycles. The summed E-state index contributed by atoms with van der Waals surface area (Å²) in [5.74, 6) is 1.16. The second kappa shape index (κ2) is 5.43. The Hall–Kier alpha value is -0.570. The summed E-state index contributed by atoms with van der Waals surface area (Å²) < 4.78 is 43.7. The predicted octanol–water partition coefficient (Wildman–Crippen LogP) is -0.948. The van der Waals surface area contributed by atoms with Crippen molar-refractivity contribution in [1.29, 1.82) is 0 Å². The van der Waals surface area contributed by atoms with Gasteiger partial charge in [-0.2, -0.15) is 0 Å². The fraction of sp³-hybridized carbons (Fsp3) is 0.0909. The van der Waals surface area contributed by atoms with E-state index in [9.17, 15) is 13.0 Å². The molecule has 3 rings (SSSR count). The molecule has 0 unspecified atom stereocenters. The molecule has 0 atom stereocenters. The summed E-state index contributed by atoms with van der Waals surface area (Å²) in [5.41, 5.74) is 0.628. The zero-order valence-electron chi connectivity index (χ0n) is 9.95. The van der Waals surface area contributed by atoms with Crippen LogP contribution in [-0.2, 0) is 10.1 Å². The molecule has 5 nitrogen and oxygen atoms in total. The van der Waals surface area contributed by atoms with Crippen LogP contribution in [0.5, 0.6) is 11.5 Å². The number of thiophene rings is 1. The molecule has 0 fully saturated rings. The minimum Gasteiger partial charge on any atom is -0.744 e. The van der Waals surface area contributed by atoms with Gasteiger partial charge in [0.1, 0.15) is 10.1 Å². The average molecular weight is 306 g/mol. The molecule has 1 aliphatic heterocycles. The Morgan fingerprint density at radius 1 is 1.16 bits per heavy atom. The Kier molecular flexibility index (Phi) is 4.24. The van der Waals surface area contributed by atoms with Crippen molar-refractivity contribution in [2.45, 2.75) is 4.90 Å². The van der Waals surface area contributed by atoms with Crippen molar-refractivity contribution >= 4 is 21.5 Å². The summed E-state index contributed by atoms with van der Waals surface area (Å²) in [6.07, 6.45) is 0. The molecule has 0 N–H and O–H groups in total. The van der Waals surface area contributed by atoms with Gasteiger partial charge in [0, 0.05) is 0 Å². The number of hydrogen-bond acceptors (Lipinski definition) is 6. The molecule has 0 bridgehead atoms. The van der Waals surface area contributed by atoms with E-state index in [4.69, 9.17) is 9.47 Å². The first-order valence-electron chi connectivity index (χ1n) is 4.99. The Morgan fingerprint density at radius 3 is 2.63 bits per heavy atom.